The smallest absolute Gasteiger partial charge is 0.244 e. The van der Waals surface area contributed by atoms with Gasteiger partial charge in [0.15, 0.2) is 0 Å². The van der Waals surface area contributed by atoms with Gasteiger partial charge in [0, 0.05) is 24.7 Å². The fourth-order valence-corrected chi connectivity index (χ4v) is 4.58. The van der Waals surface area contributed by atoms with Gasteiger partial charge in [0.05, 0.1) is 5.02 Å². The summed E-state index contributed by atoms with van der Waals surface area (Å²) in [7, 11) is -1.80. The molecule has 1 fully saturated rings. The zero-order chi connectivity index (χ0) is 15.6. The first-order valence-corrected chi connectivity index (χ1v) is 9.22. The highest BCUT2D eigenvalue weighted by atomic mass is 35.5. The Morgan fingerprint density at radius 3 is 2.48 bits per heavy atom. The highest BCUT2D eigenvalue weighted by Gasteiger charge is 2.32. The average molecular weight is 351 g/mol. The van der Waals surface area contributed by atoms with Gasteiger partial charge in [0.25, 0.3) is 0 Å². The number of halogens is 2. The van der Waals surface area contributed by atoms with Crippen LogP contribution in [0.5, 0.6) is 0 Å². The maximum Gasteiger partial charge on any atom is 0.244 e. The molecule has 0 amide bonds. The van der Waals surface area contributed by atoms with Gasteiger partial charge in [-0.15, -0.1) is 0 Å². The molecule has 1 aliphatic rings. The van der Waals surface area contributed by atoms with E-state index in [1.807, 2.05) is 6.92 Å². The van der Waals surface area contributed by atoms with Crippen molar-refractivity contribution in [1.82, 2.24) is 9.62 Å². The summed E-state index contributed by atoms with van der Waals surface area (Å²) in [4.78, 5) is 0.140. The molecule has 0 aliphatic heterocycles. The second kappa shape index (κ2) is 6.84. The Balaban J connectivity index is 2.39. The summed E-state index contributed by atoms with van der Waals surface area (Å²) in [5, 5.41) is 3.62. The van der Waals surface area contributed by atoms with Crippen molar-refractivity contribution in [1.29, 1.82) is 0 Å². The van der Waals surface area contributed by atoms with E-state index >= 15 is 0 Å². The molecule has 0 bridgehead atoms. The zero-order valence-corrected chi connectivity index (χ0v) is 14.5. The molecule has 0 atom stereocenters. The third kappa shape index (κ3) is 3.90. The number of benzene rings is 1. The van der Waals surface area contributed by atoms with E-state index in [1.165, 1.54) is 10.4 Å². The third-order valence-corrected chi connectivity index (χ3v) is 6.35. The van der Waals surface area contributed by atoms with Gasteiger partial charge in [-0.2, -0.15) is 4.31 Å². The zero-order valence-electron chi connectivity index (χ0n) is 12.2. The van der Waals surface area contributed by atoms with Crippen LogP contribution in [-0.4, -0.2) is 32.9 Å². The number of hydrogen-bond donors (Lipinski definition) is 1. The van der Waals surface area contributed by atoms with Crippen molar-refractivity contribution < 1.29 is 8.42 Å². The molecule has 0 heterocycles. The summed E-state index contributed by atoms with van der Waals surface area (Å²) >= 11 is 12.2. The van der Waals surface area contributed by atoms with Crippen molar-refractivity contribution in [3.8, 4) is 0 Å². The number of nitrogens with one attached hydrogen (secondary N) is 1. The standard InChI is InChI=1S/C14H20Cl2N2O2S/c1-3-18(9-10-4-5-10)21(19,20)14-6-11(8-17-2)12(15)7-13(14)16/h6-7,10,17H,3-5,8-9H2,1-2H3. The quantitative estimate of drug-likeness (QED) is 0.821. The first-order chi connectivity index (χ1) is 9.90. The van der Waals surface area contributed by atoms with Gasteiger partial charge in [0.2, 0.25) is 10.0 Å². The molecule has 1 saturated carbocycles. The molecule has 21 heavy (non-hydrogen) atoms. The van der Waals surface area contributed by atoms with Crippen LogP contribution in [-0.2, 0) is 16.6 Å². The number of sulfonamides is 1. The van der Waals surface area contributed by atoms with Gasteiger partial charge in [-0.25, -0.2) is 8.42 Å². The fraction of sp³-hybridized carbons (Fsp3) is 0.571. The van der Waals surface area contributed by atoms with E-state index in [9.17, 15) is 8.42 Å². The molecule has 0 radical (unpaired) electrons. The Morgan fingerprint density at radius 1 is 1.29 bits per heavy atom. The maximum absolute atomic E-state index is 12.8. The van der Waals surface area contributed by atoms with Crippen molar-refractivity contribution in [3.63, 3.8) is 0 Å². The topological polar surface area (TPSA) is 49.4 Å². The van der Waals surface area contributed by atoms with Crippen LogP contribution in [0.3, 0.4) is 0 Å². The molecule has 0 aromatic heterocycles. The molecule has 1 aromatic carbocycles. The van der Waals surface area contributed by atoms with Gasteiger partial charge in [-0.3, -0.25) is 0 Å². The summed E-state index contributed by atoms with van der Waals surface area (Å²) in [6.07, 6.45) is 2.21. The normalized spacial score (nSPS) is 15.7. The summed E-state index contributed by atoms with van der Waals surface area (Å²) in [6, 6.07) is 3.08. The van der Waals surface area contributed by atoms with E-state index in [4.69, 9.17) is 23.2 Å². The maximum atomic E-state index is 12.8. The molecule has 1 N–H and O–H groups in total. The Hall–Kier alpha value is -0.330. The lowest BCUT2D eigenvalue weighted by atomic mass is 10.2. The first kappa shape index (κ1) is 17.0. The van der Waals surface area contributed by atoms with Crippen LogP contribution >= 0.6 is 23.2 Å². The summed E-state index contributed by atoms with van der Waals surface area (Å²) < 4.78 is 27.1. The largest absolute Gasteiger partial charge is 0.316 e. The first-order valence-electron chi connectivity index (χ1n) is 7.02. The number of hydrogen-bond acceptors (Lipinski definition) is 3. The van der Waals surface area contributed by atoms with Crippen molar-refractivity contribution in [2.45, 2.75) is 31.2 Å². The van der Waals surface area contributed by atoms with E-state index in [0.29, 0.717) is 30.6 Å². The van der Waals surface area contributed by atoms with Gasteiger partial charge in [-0.1, -0.05) is 30.1 Å². The Bertz CT molecular complexity index is 616. The third-order valence-electron chi connectivity index (χ3n) is 3.60. The Morgan fingerprint density at radius 2 is 1.95 bits per heavy atom. The highest BCUT2D eigenvalue weighted by Crippen LogP contribution is 2.34. The fourth-order valence-electron chi connectivity index (χ4n) is 2.22. The lowest BCUT2D eigenvalue weighted by Gasteiger charge is -2.21. The molecule has 118 valence electrons. The van der Waals surface area contributed by atoms with Crippen molar-refractivity contribution in [2.75, 3.05) is 20.1 Å². The molecule has 2 rings (SSSR count). The van der Waals surface area contributed by atoms with Crippen LogP contribution in [0.25, 0.3) is 0 Å². The summed E-state index contributed by atoms with van der Waals surface area (Å²) in [5.41, 5.74) is 0.726. The molecular weight excluding hydrogens is 331 g/mol. The molecule has 1 aromatic rings. The predicted octanol–water partition coefficient (Wildman–Crippen LogP) is 3.13. The van der Waals surface area contributed by atoms with Crippen molar-refractivity contribution in [3.05, 3.63) is 27.7 Å². The molecule has 4 nitrogen and oxygen atoms in total. The lowest BCUT2D eigenvalue weighted by molar-refractivity contribution is 0.412. The van der Waals surface area contributed by atoms with E-state index in [-0.39, 0.29) is 9.92 Å². The highest BCUT2D eigenvalue weighted by molar-refractivity contribution is 7.89. The van der Waals surface area contributed by atoms with Crippen LogP contribution in [0.4, 0.5) is 0 Å². The van der Waals surface area contributed by atoms with Gasteiger partial charge >= 0.3 is 0 Å². The van der Waals surface area contributed by atoms with Crippen molar-refractivity contribution >= 4 is 33.2 Å². The van der Waals surface area contributed by atoms with Crippen LogP contribution in [0.2, 0.25) is 10.0 Å². The molecule has 0 spiro atoms. The summed E-state index contributed by atoms with van der Waals surface area (Å²) in [6.45, 7) is 3.35. The lowest BCUT2D eigenvalue weighted by Crippen LogP contribution is -2.33. The minimum Gasteiger partial charge on any atom is -0.316 e. The van der Waals surface area contributed by atoms with Crippen molar-refractivity contribution in [2.24, 2.45) is 5.92 Å². The molecule has 7 heteroatoms. The second-order valence-corrected chi connectivity index (χ2v) is 8.02. The van der Waals surface area contributed by atoms with E-state index in [1.54, 1.807) is 13.1 Å². The van der Waals surface area contributed by atoms with Crippen LogP contribution in [0.15, 0.2) is 17.0 Å². The predicted molar refractivity (Wildman–Crippen MR) is 86.4 cm³/mol. The average Bonchev–Trinajstić information content (AvgIpc) is 3.22. The van der Waals surface area contributed by atoms with Crippen LogP contribution in [0, 0.1) is 5.92 Å². The molecule has 0 saturated heterocycles. The molecular formula is C14H20Cl2N2O2S. The second-order valence-electron chi connectivity index (χ2n) is 5.30. The SMILES string of the molecule is CCN(CC1CC1)S(=O)(=O)c1cc(CNC)c(Cl)cc1Cl. The number of rotatable bonds is 7. The minimum atomic E-state index is -3.58. The molecule has 1 aliphatic carbocycles. The number of nitrogens with zero attached hydrogens (tertiary/aromatic N) is 1. The Kier molecular flexibility index (Phi) is 5.54. The molecule has 0 unspecified atom stereocenters. The van der Waals surface area contributed by atoms with E-state index < -0.39 is 10.0 Å². The minimum absolute atomic E-state index is 0.140. The van der Waals surface area contributed by atoms with Gasteiger partial charge < -0.3 is 5.32 Å². The van der Waals surface area contributed by atoms with Gasteiger partial charge in [0.1, 0.15) is 4.90 Å². The van der Waals surface area contributed by atoms with E-state index in [2.05, 4.69) is 5.32 Å². The van der Waals surface area contributed by atoms with E-state index in [0.717, 1.165) is 18.4 Å². The Labute approximate surface area is 136 Å². The monoisotopic (exact) mass is 350 g/mol. The van der Waals surface area contributed by atoms with Gasteiger partial charge in [-0.05, 0) is 43.5 Å². The van der Waals surface area contributed by atoms with Crippen LogP contribution < -0.4 is 5.32 Å². The van der Waals surface area contributed by atoms with Crippen LogP contribution in [0.1, 0.15) is 25.3 Å². The summed E-state index contributed by atoms with van der Waals surface area (Å²) in [5.74, 6) is 0.488.